The Hall–Kier alpha value is -4.08. The van der Waals surface area contributed by atoms with Crippen molar-refractivity contribution in [3.63, 3.8) is 0 Å². The van der Waals surface area contributed by atoms with Crippen LogP contribution in [-0.4, -0.2) is 41.7 Å². The summed E-state index contributed by atoms with van der Waals surface area (Å²) in [5.41, 5.74) is 2.11. The maximum Gasteiger partial charge on any atom is 0.295 e. The van der Waals surface area contributed by atoms with Crippen LogP contribution in [0.3, 0.4) is 0 Å². The number of nitrogens with one attached hydrogen (secondary N) is 1. The first-order valence-corrected chi connectivity index (χ1v) is 8.88. The van der Waals surface area contributed by atoms with Gasteiger partial charge in [0.05, 0.1) is 16.0 Å². The second kappa shape index (κ2) is 7.50. The molecule has 0 spiro atoms. The summed E-state index contributed by atoms with van der Waals surface area (Å²) < 4.78 is 3.30. The number of aromatic nitrogens is 5. The van der Waals surface area contributed by atoms with Gasteiger partial charge < -0.3 is 9.88 Å². The van der Waals surface area contributed by atoms with Crippen LogP contribution in [0, 0.1) is 17.0 Å². The van der Waals surface area contributed by atoms with E-state index in [-0.39, 0.29) is 22.8 Å². The highest BCUT2D eigenvalue weighted by Crippen LogP contribution is 2.23. The first-order chi connectivity index (χ1) is 14.0. The molecule has 4 rings (SSSR count). The van der Waals surface area contributed by atoms with Crippen molar-refractivity contribution in [3.05, 3.63) is 76.6 Å². The predicted molar refractivity (Wildman–Crippen MR) is 105 cm³/mol. The first kappa shape index (κ1) is 18.3. The second-order valence-corrected chi connectivity index (χ2v) is 6.36. The fourth-order valence-electron chi connectivity index (χ4n) is 3.20. The molecule has 0 saturated carbocycles. The van der Waals surface area contributed by atoms with Gasteiger partial charge in [0.15, 0.2) is 0 Å². The average Bonchev–Trinajstić information content (AvgIpc) is 3.35. The number of nitro benzene ring substituents is 1. The van der Waals surface area contributed by atoms with Crippen LogP contribution in [0.25, 0.3) is 16.7 Å². The van der Waals surface area contributed by atoms with Gasteiger partial charge in [-0.25, -0.2) is 14.6 Å². The molecule has 1 N–H and O–H groups in total. The number of para-hydroxylation sites is 2. The van der Waals surface area contributed by atoms with Gasteiger partial charge in [-0.05, 0) is 31.2 Å². The summed E-state index contributed by atoms with van der Waals surface area (Å²) in [5.74, 6) is 0.466. The Morgan fingerprint density at radius 3 is 2.83 bits per heavy atom. The van der Waals surface area contributed by atoms with Crippen molar-refractivity contribution in [1.29, 1.82) is 0 Å². The number of nitro groups is 1. The van der Waals surface area contributed by atoms with Gasteiger partial charge in [0, 0.05) is 24.7 Å². The van der Waals surface area contributed by atoms with E-state index in [0.29, 0.717) is 13.1 Å². The molecule has 10 nitrogen and oxygen atoms in total. The first-order valence-electron chi connectivity index (χ1n) is 8.88. The molecule has 0 fully saturated rings. The van der Waals surface area contributed by atoms with Crippen molar-refractivity contribution in [1.82, 2.24) is 29.6 Å². The molecule has 2 heterocycles. The highest BCUT2D eigenvalue weighted by atomic mass is 16.6. The molecule has 0 radical (unpaired) electrons. The summed E-state index contributed by atoms with van der Waals surface area (Å²) in [7, 11) is 0. The topological polar surface area (TPSA) is 121 Å². The minimum atomic E-state index is -0.547. The van der Waals surface area contributed by atoms with Crippen LogP contribution >= 0.6 is 0 Å². The number of hydrogen-bond acceptors (Lipinski definition) is 6. The molecule has 0 aliphatic carbocycles. The van der Waals surface area contributed by atoms with E-state index in [1.165, 1.54) is 35.5 Å². The molecular formula is C19H17N7O3. The standard InChI is InChI=1S/C19H17N7O3/c1-13-23-15-4-2-3-5-16(15)24(13)9-8-21-19(27)14-6-7-17(18(10-14)26(28)29)25-12-20-11-22-25/h2-7,10-12H,8-9H2,1H3,(H,21,27). The van der Waals surface area contributed by atoms with Crippen LogP contribution in [0.15, 0.2) is 55.1 Å². The van der Waals surface area contributed by atoms with Crippen molar-refractivity contribution in [2.75, 3.05) is 6.54 Å². The molecule has 0 aliphatic rings. The lowest BCUT2D eigenvalue weighted by Crippen LogP contribution is -2.27. The van der Waals surface area contributed by atoms with E-state index in [1.54, 1.807) is 0 Å². The van der Waals surface area contributed by atoms with Gasteiger partial charge in [-0.15, -0.1) is 0 Å². The Kier molecular flexibility index (Phi) is 4.73. The number of carbonyl (C=O) groups is 1. The van der Waals surface area contributed by atoms with Crippen LogP contribution in [0.1, 0.15) is 16.2 Å². The SMILES string of the molecule is Cc1nc2ccccc2n1CCNC(=O)c1ccc(-n2cncn2)c([N+](=O)[O-])c1. The zero-order valence-electron chi connectivity index (χ0n) is 15.5. The van der Waals surface area contributed by atoms with Gasteiger partial charge in [0.1, 0.15) is 24.2 Å². The molecule has 146 valence electrons. The van der Waals surface area contributed by atoms with Crippen molar-refractivity contribution in [3.8, 4) is 5.69 Å². The van der Waals surface area contributed by atoms with E-state index in [2.05, 4.69) is 20.4 Å². The lowest BCUT2D eigenvalue weighted by molar-refractivity contribution is -0.384. The number of rotatable bonds is 6. The third kappa shape index (κ3) is 3.55. The Bertz CT molecular complexity index is 1200. The van der Waals surface area contributed by atoms with Crippen molar-refractivity contribution in [2.24, 2.45) is 0 Å². The summed E-state index contributed by atoms with van der Waals surface area (Å²) >= 11 is 0. The summed E-state index contributed by atoms with van der Waals surface area (Å²) in [5, 5.41) is 18.1. The average molecular weight is 391 g/mol. The molecule has 2 aromatic heterocycles. The van der Waals surface area contributed by atoms with Crippen LogP contribution in [0.5, 0.6) is 0 Å². The Morgan fingerprint density at radius 1 is 1.24 bits per heavy atom. The molecule has 0 unspecified atom stereocenters. The van der Waals surface area contributed by atoms with E-state index in [0.717, 1.165) is 16.9 Å². The number of amides is 1. The van der Waals surface area contributed by atoms with Gasteiger partial charge in [-0.3, -0.25) is 14.9 Å². The molecule has 0 aliphatic heterocycles. The lowest BCUT2D eigenvalue weighted by atomic mass is 10.1. The summed E-state index contributed by atoms with van der Waals surface area (Å²) in [4.78, 5) is 31.7. The van der Waals surface area contributed by atoms with E-state index < -0.39 is 4.92 Å². The van der Waals surface area contributed by atoms with Gasteiger partial charge in [0.2, 0.25) is 0 Å². The van der Waals surface area contributed by atoms with Crippen molar-refractivity contribution >= 4 is 22.6 Å². The van der Waals surface area contributed by atoms with Gasteiger partial charge >= 0.3 is 0 Å². The zero-order valence-corrected chi connectivity index (χ0v) is 15.5. The minimum Gasteiger partial charge on any atom is -0.350 e. The number of nitrogens with zero attached hydrogens (tertiary/aromatic N) is 6. The fraction of sp³-hybridized carbons (Fsp3) is 0.158. The monoisotopic (exact) mass is 391 g/mol. The van der Waals surface area contributed by atoms with E-state index in [1.807, 2.05) is 35.8 Å². The highest BCUT2D eigenvalue weighted by molar-refractivity contribution is 5.95. The van der Waals surface area contributed by atoms with Gasteiger partial charge in [-0.1, -0.05) is 12.1 Å². The number of aryl methyl sites for hydroxylation is 1. The Morgan fingerprint density at radius 2 is 2.07 bits per heavy atom. The maximum absolute atomic E-state index is 12.5. The summed E-state index contributed by atoms with van der Waals surface area (Å²) in [6, 6.07) is 12.0. The van der Waals surface area contributed by atoms with Gasteiger partial charge in [-0.2, -0.15) is 5.10 Å². The molecular weight excluding hydrogens is 374 g/mol. The van der Waals surface area contributed by atoms with Crippen LogP contribution in [0.4, 0.5) is 5.69 Å². The van der Waals surface area contributed by atoms with Crippen LogP contribution < -0.4 is 5.32 Å². The number of fused-ring (bicyclic) bond motifs is 1. The molecule has 1 amide bonds. The van der Waals surface area contributed by atoms with Gasteiger partial charge in [0.25, 0.3) is 11.6 Å². The number of imidazole rings is 1. The molecule has 2 aromatic carbocycles. The molecule has 10 heteroatoms. The number of hydrogen-bond donors (Lipinski definition) is 1. The van der Waals surface area contributed by atoms with Crippen LogP contribution in [0.2, 0.25) is 0 Å². The third-order valence-electron chi connectivity index (χ3n) is 4.57. The third-order valence-corrected chi connectivity index (χ3v) is 4.57. The summed E-state index contributed by atoms with van der Waals surface area (Å²) in [6.07, 6.45) is 2.64. The number of carbonyl (C=O) groups excluding carboxylic acids is 1. The zero-order chi connectivity index (χ0) is 20.4. The number of benzene rings is 2. The minimum absolute atomic E-state index is 0.202. The normalized spacial score (nSPS) is 10.9. The van der Waals surface area contributed by atoms with Crippen molar-refractivity contribution < 1.29 is 9.72 Å². The van der Waals surface area contributed by atoms with E-state index in [4.69, 9.17) is 0 Å². The van der Waals surface area contributed by atoms with E-state index >= 15 is 0 Å². The van der Waals surface area contributed by atoms with Crippen LogP contribution in [-0.2, 0) is 6.54 Å². The molecule has 4 aromatic rings. The second-order valence-electron chi connectivity index (χ2n) is 6.36. The molecule has 29 heavy (non-hydrogen) atoms. The lowest BCUT2D eigenvalue weighted by Gasteiger charge is -2.09. The maximum atomic E-state index is 12.5. The van der Waals surface area contributed by atoms with Crippen molar-refractivity contribution in [2.45, 2.75) is 13.5 Å². The Labute approximate surface area is 165 Å². The largest absolute Gasteiger partial charge is 0.350 e. The highest BCUT2D eigenvalue weighted by Gasteiger charge is 2.19. The quantitative estimate of drug-likeness (QED) is 0.397. The fourth-order valence-corrected chi connectivity index (χ4v) is 3.20. The Balaban J connectivity index is 1.49. The predicted octanol–water partition coefficient (Wildman–Crippen LogP) is 2.26. The van der Waals surface area contributed by atoms with E-state index in [9.17, 15) is 14.9 Å². The molecule has 0 saturated heterocycles. The summed E-state index contributed by atoms with van der Waals surface area (Å²) in [6.45, 7) is 2.81. The molecule has 0 bridgehead atoms. The smallest absolute Gasteiger partial charge is 0.295 e. The molecule has 0 atom stereocenters.